The smallest absolute Gasteiger partial charge is 0.408 e. The first-order valence-electron chi connectivity index (χ1n) is 21.3. The lowest BCUT2D eigenvalue weighted by molar-refractivity contribution is -0.143. The summed E-state index contributed by atoms with van der Waals surface area (Å²) in [6.07, 6.45) is -3.85. The highest BCUT2D eigenvalue weighted by atomic mass is 32.2. The number of methoxy groups -OCH3 is 1. The molecule has 3 N–H and O–H groups in total. The van der Waals surface area contributed by atoms with Crippen molar-refractivity contribution in [2.45, 2.75) is 139 Å². The van der Waals surface area contributed by atoms with Crippen LogP contribution in [-0.4, -0.2) is 102 Å². The number of rotatable bonds is 7. The lowest BCUT2D eigenvalue weighted by atomic mass is 9.85. The summed E-state index contributed by atoms with van der Waals surface area (Å²) in [7, 11) is -2.89. The lowest BCUT2D eigenvalue weighted by Crippen LogP contribution is -2.61. The third-order valence-corrected chi connectivity index (χ3v) is 16.3. The van der Waals surface area contributed by atoms with Gasteiger partial charge in [-0.25, -0.2) is 32.0 Å². The van der Waals surface area contributed by atoms with Crippen molar-refractivity contribution in [3.05, 3.63) is 23.9 Å². The Kier molecular flexibility index (Phi) is 10.9. The van der Waals surface area contributed by atoms with Gasteiger partial charge in [0.1, 0.15) is 35.6 Å². The van der Waals surface area contributed by atoms with E-state index in [0.29, 0.717) is 36.8 Å². The van der Waals surface area contributed by atoms with Crippen molar-refractivity contribution in [2.75, 3.05) is 13.7 Å². The molecule has 1 aromatic heterocycles. The second-order valence-electron chi connectivity index (χ2n) is 19.6. The number of alkyl halides is 4. The predicted octanol–water partition coefficient (Wildman–Crippen LogP) is 5.20. The zero-order chi connectivity index (χ0) is 44.9. The van der Waals surface area contributed by atoms with E-state index in [9.17, 15) is 36.4 Å². The van der Waals surface area contributed by atoms with Crippen LogP contribution in [0, 0.1) is 35.0 Å². The average molecular weight is 895 g/mol. The highest BCUT2D eigenvalue weighted by molar-refractivity contribution is 7.91. The molecule has 15 nitrogen and oxygen atoms in total. The summed E-state index contributed by atoms with van der Waals surface area (Å²) in [5.41, 5.74) is -3.83. The summed E-state index contributed by atoms with van der Waals surface area (Å²) in [4.78, 5) is 66.8. The van der Waals surface area contributed by atoms with Gasteiger partial charge in [0, 0.05) is 18.4 Å². The fraction of sp³-hybridized carbons (Fsp3) is 0.714. The van der Waals surface area contributed by atoms with Crippen molar-refractivity contribution in [1.29, 1.82) is 0 Å². The molecule has 62 heavy (non-hydrogen) atoms. The number of hydrogen-bond donors (Lipinski definition) is 3. The van der Waals surface area contributed by atoms with Crippen LogP contribution >= 0.6 is 0 Å². The summed E-state index contributed by atoms with van der Waals surface area (Å²) >= 11 is 0. The fourth-order valence-corrected chi connectivity index (χ4v) is 11.1. The minimum atomic E-state index is -4.31. The second kappa shape index (κ2) is 15.3. The average Bonchev–Trinajstić information content (AvgIpc) is 4.15. The summed E-state index contributed by atoms with van der Waals surface area (Å²) in [5, 5.41) is 5.12. The first-order chi connectivity index (χ1) is 29.0. The van der Waals surface area contributed by atoms with Gasteiger partial charge in [-0.1, -0.05) is 34.1 Å². The maximum atomic E-state index is 16.5. The molecular weight excluding hydrogens is 841 g/mol. The second-order valence-corrected chi connectivity index (χ2v) is 21.8. The van der Waals surface area contributed by atoms with Gasteiger partial charge in [-0.15, -0.1) is 0 Å². The number of amides is 4. The Hall–Kier alpha value is -4.49. The zero-order valence-corrected chi connectivity index (χ0v) is 36.3. The summed E-state index contributed by atoms with van der Waals surface area (Å²) < 4.78 is 106. The molecule has 2 aromatic rings. The number of halogens is 4. The number of alkyl carbamates (subject to hydrolysis) is 1. The lowest BCUT2D eigenvalue weighted by Gasteiger charge is -2.36. The number of nitrogens with zero attached hydrogens (tertiary/aromatic N) is 3. The molecule has 3 heterocycles. The van der Waals surface area contributed by atoms with Gasteiger partial charge in [0.15, 0.2) is 5.69 Å². The van der Waals surface area contributed by atoms with E-state index in [0.717, 1.165) is 11.3 Å². The normalized spacial score (nSPS) is 34.0. The van der Waals surface area contributed by atoms with Crippen molar-refractivity contribution in [3.8, 4) is 11.6 Å². The van der Waals surface area contributed by atoms with Gasteiger partial charge >= 0.3 is 6.09 Å². The molecule has 10 atom stereocenters. The van der Waals surface area contributed by atoms with Crippen LogP contribution in [0.3, 0.4) is 0 Å². The van der Waals surface area contributed by atoms with Gasteiger partial charge in [0.25, 0.3) is 11.8 Å². The molecule has 0 radical (unpaired) electrons. The Bertz CT molecular complexity index is 2270. The Morgan fingerprint density at radius 2 is 1.74 bits per heavy atom. The summed E-state index contributed by atoms with van der Waals surface area (Å²) in [6.45, 7) is 7.50. The van der Waals surface area contributed by atoms with Crippen molar-refractivity contribution in [1.82, 2.24) is 30.2 Å². The van der Waals surface area contributed by atoms with E-state index in [1.165, 1.54) is 33.1 Å². The van der Waals surface area contributed by atoms with Gasteiger partial charge in [-0.3, -0.25) is 19.1 Å². The topological polar surface area (TPSA) is 195 Å². The third kappa shape index (κ3) is 8.01. The van der Waals surface area contributed by atoms with Crippen molar-refractivity contribution in [3.63, 3.8) is 0 Å². The highest BCUT2D eigenvalue weighted by Gasteiger charge is 2.68. The molecule has 2 bridgehead atoms. The Morgan fingerprint density at radius 1 is 1.02 bits per heavy atom. The number of nitrogens with one attached hydrogen (secondary N) is 3. The number of fused-ring (bicyclic) bond motifs is 7. The van der Waals surface area contributed by atoms with E-state index in [4.69, 9.17) is 14.2 Å². The van der Waals surface area contributed by atoms with Crippen LogP contribution < -0.4 is 24.8 Å². The third-order valence-electron chi connectivity index (χ3n) is 14.1. The number of ether oxygens (including phenoxy) is 3. The van der Waals surface area contributed by atoms with Crippen LogP contribution in [0.2, 0.25) is 0 Å². The minimum absolute atomic E-state index is 0.0595. The fourth-order valence-electron chi connectivity index (χ4n) is 9.75. The van der Waals surface area contributed by atoms with Crippen LogP contribution in [0.1, 0.15) is 98.1 Å². The van der Waals surface area contributed by atoms with E-state index < -0.39 is 129 Å². The molecule has 4 aliphatic carbocycles. The minimum Gasteiger partial charge on any atom is -0.497 e. The van der Waals surface area contributed by atoms with Crippen LogP contribution in [0.25, 0.3) is 11.0 Å². The molecule has 6 aliphatic rings. The molecule has 2 aliphatic heterocycles. The van der Waals surface area contributed by atoms with Gasteiger partial charge in [0.05, 0.1) is 35.4 Å². The van der Waals surface area contributed by atoms with Crippen molar-refractivity contribution in [2.24, 2.45) is 35.0 Å². The number of carbonyl (C=O) groups excluding carboxylic acids is 4. The van der Waals surface area contributed by atoms with Crippen molar-refractivity contribution >= 4 is 44.9 Å². The van der Waals surface area contributed by atoms with Crippen LogP contribution in [0.15, 0.2) is 18.2 Å². The molecular formula is C42H54F4N6O9S. The number of carbonyl (C=O) groups is 4. The van der Waals surface area contributed by atoms with Crippen LogP contribution in [-0.2, 0) is 35.1 Å². The predicted molar refractivity (Wildman–Crippen MR) is 214 cm³/mol. The molecule has 0 spiro atoms. The largest absolute Gasteiger partial charge is 0.497 e. The van der Waals surface area contributed by atoms with Gasteiger partial charge in [-0.2, -0.15) is 8.78 Å². The van der Waals surface area contributed by atoms with Crippen molar-refractivity contribution < 1.29 is 59.4 Å². The molecule has 8 rings (SSSR count). The molecule has 5 fully saturated rings. The first kappa shape index (κ1) is 44.1. The number of benzene rings is 1. The first-order valence-corrected chi connectivity index (χ1v) is 22.8. The maximum absolute atomic E-state index is 16.5. The molecule has 1 unspecified atom stereocenters. The summed E-state index contributed by atoms with van der Waals surface area (Å²) in [6, 6.07) is 1.58. The Morgan fingerprint density at radius 3 is 2.39 bits per heavy atom. The van der Waals surface area contributed by atoms with Crippen LogP contribution in [0.5, 0.6) is 11.6 Å². The van der Waals surface area contributed by atoms with Gasteiger partial charge < -0.3 is 29.7 Å². The maximum Gasteiger partial charge on any atom is 0.408 e. The Labute approximate surface area is 357 Å². The molecule has 1 saturated heterocycles. The monoisotopic (exact) mass is 894 g/mol. The molecule has 340 valence electrons. The van der Waals surface area contributed by atoms with Gasteiger partial charge in [-0.05, 0) is 87.2 Å². The zero-order valence-electron chi connectivity index (χ0n) is 35.5. The molecule has 1 aromatic carbocycles. The standard InChI is InChI=1S/C42H54F4N6O9S/c1-20-29-19-52(30(20)34(53)50-41(18-25(41)33(43)44)37(55)51-62(57,58)40(5)13-14-40)36(54)32(39(2,3)4)49-38(56)61-28-16-21-15-24(21)23(28)9-7-8-12-42(45,46)31-35(60-29)48-27-17-22(59-6)10-11-26(27)47-31/h10-11,17,20-21,23-25,28-30,32-33H,7-9,12-16,18-19H2,1-6H3,(H,49,56)(H,50,53)(H,51,55)/t20-,21+,23-,24+,25+,28-,29+,30+,32?,41-/m1/s1. The number of hydrogen-bond acceptors (Lipinski definition) is 11. The van der Waals surface area contributed by atoms with E-state index in [1.54, 1.807) is 26.8 Å². The highest BCUT2D eigenvalue weighted by Crippen LogP contribution is 2.58. The molecule has 4 amide bonds. The Balaban J connectivity index is 1.18. The van der Waals surface area contributed by atoms with Crippen LogP contribution in [0.4, 0.5) is 22.4 Å². The quantitative estimate of drug-likeness (QED) is 0.309. The molecule has 4 saturated carbocycles. The number of aromatic nitrogens is 2. The van der Waals surface area contributed by atoms with Gasteiger partial charge in [0.2, 0.25) is 34.1 Å². The van der Waals surface area contributed by atoms with E-state index >= 15 is 8.78 Å². The van der Waals surface area contributed by atoms with E-state index in [2.05, 4.69) is 20.6 Å². The SMILES string of the molecule is COc1ccc2nc3c(nc2c1)O[C@H]1CN(C(=O)C(C(C)(C)C)NC(=O)O[C@@H]2C[C@@H]4C[C@@H]4[C@H]2CCCCC3(F)F)[C@H](C(=O)N[C@]2(C(=O)NS(=O)(=O)C3(C)CC3)C[C@H]2C(F)F)[C@@H]1C. The number of sulfonamides is 1. The van der Waals surface area contributed by atoms with E-state index in [-0.39, 0.29) is 36.2 Å². The molecule has 20 heteroatoms. The van der Waals surface area contributed by atoms with E-state index in [1.807, 2.05) is 4.72 Å². The summed E-state index contributed by atoms with van der Waals surface area (Å²) in [5.74, 6) is -9.27.